The summed E-state index contributed by atoms with van der Waals surface area (Å²) in [5.41, 5.74) is -0.803. The van der Waals surface area contributed by atoms with Crippen LogP contribution in [0.2, 0.25) is 0 Å². The third kappa shape index (κ3) is 2.97. The summed E-state index contributed by atoms with van der Waals surface area (Å²) in [6.45, 7) is 10.1. The van der Waals surface area contributed by atoms with Crippen LogP contribution in [-0.2, 0) is 14.3 Å². The maximum absolute atomic E-state index is 12.8. The van der Waals surface area contributed by atoms with Crippen LogP contribution in [0.4, 0.5) is 0 Å². The van der Waals surface area contributed by atoms with Crippen molar-refractivity contribution in [1.29, 1.82) is 0 Å². The number of nitrogens with one attached hydrogen (secondary N) is 1. The Balaban J connectivity index is 3.16. The second-order valence-electron chi connectivity index (χ2n) is 6.02. The van der Waals surface area contributed by atoms with Crippen molar-refractivity contribution in [2.75, 3.05) is 13.7 Å². The predicted octanol–water partition coefficient (Wildman–Crippen LogP) is 1.56. The first-order valence-corrected chi connectivity index (χ1v) is 7.46. The Hall–Kier alpha value is -1.10. The molecule has 1 saturated heterocycles. The number of piperazine rings is 1. The number of hydrogen-bond donors (Lipinski definition) is 1. The number of methoxy groups -OCH3 is 1. The van der Waals surface area contributed by atoms with Crippen molar-refractivity contribution in [1.82, 2.24) is 10.2 Å². The fourth-order valence-electron chi connectivity index (χ4n) is 2.73. The number of amides is 2. The molecule has 4 unspecified atom stereocenters. The number of hydrogen-bond acceptors (Lipinski definition) is 3. The lowest BCUT2D eigenvalue weighted by Gasteiger charge is -2.48. The first-order chi connectivity index (χ1) is 9.32. The fourth-order valence-corrected chi connectivity index (χ4v) is 2.73. The van der Waals surface area contributed by atoms with Gasteiger partial charge in [0.15, 0.2) is 0 Å². The van der Waals surface area contributed by atoms with Crippen LogP contribution < -0.4 is 5.32 Å². The third-order valence-corrected chi connectivity index (χ3v) is 4.45. The van der Waals surface area contributed by atoms with Gasteiger partial charge in [-0.15, -0.1) is 0 Å². The number of rotatable bonds is 6. The molecule has 4 atom stereocenters. The molecule has 1 heterocycles. The molecule has 20 heavy (non-hydrogen) atoms. The van der Waals surface area contributed by atoms with E-state index >= 15 is 0 Å². The van der Waals surface area contributed by atoms with Gasteiger partial charge in [-0.25, -0.2) is 0 Å². The number of carbonyl (C=O) groups is 2. The second kappa shape index (κ2) is 6.57. The van der Waals surface area contributed by atoms with Crippen molar-refractivity contribution in [3.8, 4) is 0 Å². The van der Waals surface area contributed by atoms with Crippen LogP contribution in [0.15, 0.2) is 0 Å². The van der Waals surface area contributed by atoms with Crippen molar-refractivity contribution in [2.45, 2.75) is 65.1 Å². The van der Waals surface area contributed by atoms with Gasteiger partial charge in [0.1, 0.15) is 11.6 Å². The number of ether oxygens (including phenoxy) is 1. The van der Waals surface area contributed by atoms with E-state index in [0.717, 1.165) is 6.42 Å². The van der Waals surface area contributed by atoms with E-state index in [0.29, 0.717) is 13.0 Å². The van der Waals surface area contributed by atoms with E-state index in [9.17, 15) is 9.59 Å². The lowest BCUT2D eigenvalue weighted by molar-refractivity contribution is -0.160. The van der Waals surface area contributed by atoms with Gasteiger partial charge in [0.2, 0.25) is 11.8 Å². The van der Waals surface area contributed by atoms with Crippen molar-refractivity contribution in [3.63, 3.8) is 0 Å². The zero-order valence-electron chi connectivity index (χ0n) is 13.5. The number of carbonyl (C=O) groups excluding carboxylic acids is 2. The highest BCUT2D eigenvalue weighted by molar-refractivity contribution is 5.99. The minimum atomic E-state index is -0.803. The Labute approximate surface area is 122 Å². The normalized spacial score (nSPS) is 30.1. The predicted molar refractivity (Wildman–Crippen MR) is 78.3 cm³/mol. The monoisotopic (exact) mass is 284 g/mol. The Morgan fingerprint density at radius 1 is 1.35 bits per heavy atom. The maximum Gasteiger partial charge on any atom is 0.249 e. The van der Waals surface area contributed by atoms with Gasteiger partial charge in [-0.3, -0.25) is 9.59 Å². The van der Waals surface area contributed by atoms with E-state index in [1.807, 2.05) is 27.7 Å². The molecule has 0 spiro atoms. The van der Waals surface area contributed by atoms with Crippen LogP contribution in [-0.4, -0.2) is 48.1 Å². The van der Waals surface area contributed by atoms with Gasteiger partial charge in [0, 0.05) is 7.11 Å². The van der Waals surface area contributed by atoms with Gasteiger partial charge in [-0.05, 0) is 26.2 Å². The summed E-state index contributed by atoms with van der Waals surface area (Å²) in [6, 6.07) is -0.513. The minimum Gasteiger partial charge on any atom is -0.383 e. The smallest absolute Gasteiger partial charge is 0.249 e. The number of nitrogens with zero attached hydrogens (tertiary/aromatic N) is 1. The van der Waals surface area contributed by atoms with Crippen LogP contribution in [0.25, 0.3) is 0 Å². The summed E-state index contributed by atoms with van der Waals surface area (Å²) in [5, 5.41) is 2.91. The molecule has 0 saturated carbocycles. The van der Waals surface area contributed by atoms with Crippen molar-refractivity contribution in [2.24, 2.45) is 5.92 Å². The Morgan fingerprint density at radius 3 is 2.40 bits per heavy atom. The fraction of sp³-hybridized carbons (Fsp3) is 0.867. The van der Waals surface area contributed by atoms with E-state index in [4.69, 9.17) is 4.74 Å². The highest BCUT2D eigenvalue weighted by atomic mass is 16.5. The first kappa shape index (κ1) is 17.0. The molecule has 1 N–H and O–H groups in total. The molecule has 0 aromatic carbocycles. The zero-order chi connectivity index (χ0) is 15.5. The average Bonchev–Trinajstić information content (AvgIpc) is 2.41. The molecule has 5 nitrogen and oxygen atoms in total. The van der Waals surface area contributed by atoms with Crippen LogP contribution in [0.3, 0.4) is 0 Å². The van der Waals surface area contributed by atoms with Gasteiger partial charge in [-0.1, -0.05) is 27.2 Å². The van der Waals surface area contributed by atoms with Gasteiger partial charge in [-0.2, -0.15) is 0 Å². The Kier molecular flexibility index (Phi) is 5.57. The SMILES string of the molecule is CCC(C)C1C(=O)NC(C)(CC)C(=O)N1C(C)COC. The summed E-state index contributed by atoms with van der Waals surface area (Å²) < 4.78 is 5.18. The van der Waals surface area contributed by atoms with Crippen LogP contribution in [0.5, 0.6) is 0 Å². The van der Waals surface area contributed by atoms with Gasteiger partial charge in [0.25, 0.3) is 0 Å². The van der Waals surface area contributed by atoms with E-state index in [2.05, 4.69) is 5.32 Å². The molecule has 1 fully saturated rings. The van der Waals surface area contributed by atoms with Crippen molar-refractivity contribution in [3.05, 3.63) is 0 Å². The summed E-state index contributed by atoms with van der Waals surface area (Å²) in [4.78, 5) is 27.1. The lowest BCUT2D eigenvalue weighted by atomic mass is 9.86. The minimum absolute atomic E-state index is 0.00514. The molecule has 1 aliphatic rings. The molecule has 0 bridgehead atoms. The largest absolute Gasteiger partial charge is 0.383 e. The molecular weight excluding hydrogens is 256 g/mol. The van der Waals surface area contributed by atoms with E-state index in [1.165, 1.54) is 0 Å². The molecule has 5 heteroatoms. The quantitative estimate of drug-likeness (QED) is 0.805. The molecule has 2 amide bonds. The Morgan fingerprint density at radius 2 is 1.95 bits per heavy atom. The zero-order valence-corrected chi connectivity index (χ0v) is 13.5. The standard InChI is InChI=1S/C15H28N2O3/c1-7-10(3)12-13(18)16-15(5,8-2)14(19)17(12)11(4)9-20-6/h10-12H,7-9H2,1-6H3,(H,16,18). The highest BCUT2D eigenvalue weighted by Gasteiger charge is 2.49. The molecule has 1 aliphatic heterocycles. The highest BCUT2D eigenvalue weighted by Crippen LogP contribution is 2.28. The molecule has 116 valence electrons. The molecular formula is C15H28N2O3. The van der Waals surface area contributed by atoms with Gasteiger partial charge >= 0.3 is 0 Å². The van der Waals surface area contributed by atoms with E-state index in [-0.39, 0.29) is 23.8 Å². The van der Waals surface area contributed by atoms with Crippen molar-refractivity contribution < 1.29 is 14.3 Å². The molecule has 0 aliphatic carbocycles. The molecule has 0 aromatic heterocycles. The molecule has 0 radical (unpaired) electrons. The molecule has 1 rings (SSSR count). The third-order valence-electron chi connectivity index (χ3n) is 4.45. The topological polar surface area (TPSA) is 58.6 Å². The van der Waals surface area contributed by atoms with Gasteiger partial charge < -0.3 is 15.0 Å². The molecule has 0 aromatic rings. The van der Waals surface area contributed by atoms with Crippen molar-refractivity contribution >= 4 is 11.8 Å². The van der Waals surface area contributed by atoms with Crippen LogP contribution in [0, 0.1) is 5.92 Å². The summed E-state index contributed by atoms with van der Waals surface area (Å²) in [7, 11) is 1.61. The summed E-state index contributed by atoms with van der Waals surface area (Å²) in [6.07, 6.45) is 1.44. The Bertz CT molecular complexity index is 372. The average molecular weight is 284 g/mol. The first-order valence-electron chi connectivity index (χ1n) is 7.46. The second-order valence-corrected chi connectivity index (χ2v) is 6.02. The summed E-state index contributed by atoms with van der Waals surface area (Å²) in [5.74, 6) is 0.0698. The maximum atomic E-state index is 12.8. The van der Waals surface area contributed by atoms with E-state index < -0.39 is 11.6 Å². The van der Waals surface area contributed by atoms with Crippen LogP contribution >= 0.6 is 0 Å². The summed E-state index contributed by atoms with van der Waals surface area (Å²) >= 11 is 0. The van der Waals surface area contributed by atoms with Gasteiger partial charge in [0.05, 0.1) is 12.6 Å². The van der Waals surface area contributed by atoms with Crippen LogP contribution in [0.1, 0.15) is 47.5 Å². The van der Waals surface area contributed by atoms with E-state index in [1.54, 1.807) is 18.9 Å². The lowest BCUT2D eigenvalue weighted by Crippen LogP contribution is -2.72.